The van der Waals surface area contributed by atoms with E-state index in [0.29, 0.717) is 12.2 Å². The first kappa shape index (κ1) is 12.2. The SMILES string of the molecule is CCOC(=O)NNC(=O)c1ccc2c(c1)CCO2. The van der Waals surface area contributed by atoms with Crippen LogP contribution in [-0.4, -0.2) is 25.2 Å². The van der Waals surface area contributed by atoms with Crippen LogP contribution in [-0.2, 0) is 11.2 Å². The predicted molar refractivity (Wildman–Crippen MR) is 63.3 cm³/mol. The van der Waals surface area contributed by atoms with Gasteiger partial charge in [0, 0.05) is 12.0 Å². The number of hydrogen-bond acceptors (Lipinski definition) is 4. The highest BCUT2D eigenvalue weighted by Crippen LogP contribution is 2.25. The molecule has 96 valence electrons. The molecule has 1 aliphatic rings. The van der Waals surface area contributed by atoms with Crippen molar-refractivity contribution in [3.63, 3.8) is 0 Å². The molecule has 2 amide bonds. The third-order valence-corrected chi connectivity index (χ3v) is 2.51. The molecule has 2 rings (SSSR count). The molecule has 1 heterocycles. The van der Waals surface area contributed by atoms with Crippen LogP contribution in [0.15, 0.2) is 18.2 Å². The minimum atomic E-state index is -0.685. The highest BCUT2D eigenvalue weighted by molar-refractivity contribution is 5.95. The van der Waals surface area contributed by atoms with Crippen molar-refractivity contribution in [2.75, 3.05) is 13.2 Å². The van der Waals surface area contributed by atoms with Crippen LogP contribution in [0.2, 0.25) is 0 Å². The number of carbonyl (C=O) groups excluding carboxylic acids is 2. The van der Waals surface area contributed by atoms with E-state index in [1.807, 2.05) is 0 Å². The summed E-state index contributed by atoms with van der Waals surface area (Å²) < 4.78 is 9.96. The second-order valence-corrected chi connectivity index (χ2v) is 3.72. The van der Waals surface area contributed by atoms with Crippen molar-refractivity contribution in [3.05, 3.63) is 29.3 Å². The Bertz CT molecular complexity index is 473. The molecule has 6 nitrogen and oxygen atoms in total. The Hall–Kier alpha value is -2.24. The molecule has 0 bridgehead atoms. The molecule has 1 aromatic carbocycles. The number of hydrazine groups is 1. The number of amides is 2. The first-order valence-electron chi connectivity index (χ1n) is 5.69. The Balaban J connectivity index is 1.95. The fraction of sp³-hybridized carbons (Fsp3) is 0.333. The van der Waals surface area contributed by atoms with Crippen molar-refractivity contribution in [3.8, 4) is 5.75 Å². The van der Waals surface area contributed by atoms with Crippen molar-refractivity contribution >= 4 is 12.0 Å². The van der Waals surface area contributed by atoms with Gasteiger partial charge in [0.1, 0.15) is 5.75 Å². The lowest BCUT2D eigenvalue weighted by atomic mass is 10.1. The number of fused-ring (bicyclic) bond motifs is 1. The van der Waals surface area contributed by atoms with E-state index < -0.39 is 12.0 Å². The minimum Gasteiger partial charge on any atom is -0.493 e. The molecule has 0 spiro atoms. The van der Waals surface area contributed by atoms with Crippen molar-refractivity contribution < 1.29 is 19.1 Å². The van der Waals surface area contributed by atoms with E-state index in [1.165, 1.54) is 0 Å². The molecule has 6 heteroatoms. The first-order chi connectivity index (χ1) is 8.70. The van der Waals surface area contributed by atoms with Gasteiger partial charge in [0.05, 0.1) is 13.2 Å². The fourth-order valence-corrected chi connectivity index (χ4v) is 1.67. The Labute approximate surface area is 104 Å². The van der Waals surface area contributed by atoms with Gasteiger partial charge in [0.2, 0.25) is 0 Å². The second-order valence-electron chi connectivity index (χ2n) is 3.72. The molecule has 0 fully saturated rings. The summed E-state index contributed by atoms with van der Waals surface area (Å²) in [6.07, 6.45) is 0.109. The Morgan fingerprint density at radius 1 is 1.39 bits per heavy atom. The van der Waals surface area contributed by atoms with E-state index in [4.69, 9.17) is 4.74 Å². The predicted octanol–water partition coefficient (Wildman–Crippen LogP) is 1.01. The van der Waals surface area contributed by atoms with E-state index in [0.717, 1.165) is 17.7 Å². The molecular formula is C12H14N2O4. The quantitative estimate of drug-likeness (QED) is 0.768. The van der Waals surface area contributed by atoms with Crippen LogP contribution in [0.3, 0.4) is 0 Å². The number of hydrogen-bond donors (Lipinski definition) is 2. The zero-order chi connectivity index (χ0) is 13.0. The van der Waals surface area contributed by atoms with Crippen LogP contribution >= 0.6 is 0 Å². The van der Waals surface area contributed by atoms with Crippen molar-refractivity contribution in [2.45, 2.75) is 13.3 Å². The maximum Gasteiger partial charge on any atom is 0.426 e. The van der Waals surface area contributed by atoms with E-state index in [-0.39, 0.29) is 6.61 Å². The number of nitrogens with one attached hydrogen (secondary N) is 2. The van der Waals surface area contributed by atoms with Crippen LogP contribution in [0.25, 0.3) is 0 Å². The summed E-state index contributed by atoms with van der Waals surface area (Å²) in [4.78, 5) is 22.7. The van der Waals surface area contributed by atoms with Crippen LogP contribution in [0.5, 0.6) is 5.75 Å². The van der Waals surface area contributed by atoms with Gasteiger partial charge >= 0.3 is 6.09 Å². The number of rotatable bonds is 2. The summed E-state index contributed by atoms with van der Waals surface area (Å²) in [6.45, 7) is 2.57. The normalized spacial score (nSPS) is 12.3. The van der Waals surface area contributed by atoms with Gasteiger partial charge in [-0.1, -0.05) is 0 Å². The van der Waals surface area contributed by atoms with Gasteiger partial charge in [-0.3, -0.25) is 10.2 Å². The zero-order valence-electron chi connectivity index (χ0n) is 9.99. The summed E-state index contributed by atoms with van der Waals surface area (Å²) in [5.74, 6) is 0.419. The fourth-order valence-electron chi connectivity index (χ4n) is 1.67. The maximum absolute atomic E-state index is 11.7. The highest BCUT2D eigenvalue weighted by Gasteiger charge is 2.15. The molecule has 0 aliphatic carbocycles. The van der Waals surface area contributed by atoms with Gasteiger partial charge in [0.15, 0.2) is 0 Å². The molecule has 0 radical (unpaired) electrons. The van der Waals surface area contributed by atoms with Gasteiger partial charge in [-0.25, -0.2) is 10.2 Å². The van der Waals surface area contributed by atoms with Crippen LogP contribution in [0.4, 0.5) is 4.79 Å². The van der Waals surface area contributed by atoms with E-state index in [2.05, 4.69) is 15.6 Å². The molecule has 1 aliphatic heterocycles. The lowest BCUT2D eigenvalue weighted by molar-refractivity contribution is 0.0912. The largest absolute Gasteiger partial charge is 0.493 e. The number of carbonyl (C=O) groups is 2. The molecule has 0 atom stereocenters. The van der Waals surface area contributed by atoms with Crippen LogP contribution < -0.4 is 15.6 Å². The van der Waals surface area contributed by atoms with Crippen LogP contribution in [0, 0.1) is 0 Å². The monoisotopic (exact) mass is 250 g/mol. The van der Waals surface area contributed by atoms with Crippen molar-refractivity contribution in [1.82, 2.24) is 10.9 Å². The highest BCUT2D eigenvalue weighted by atomic mass is 16.6. The zero-order valence-corrected chi connectivity index (χ0v) is 9.99. The van der Waals surface area contributed by atoms with E-state index in [9.17, 15) is 9.59 Å². The second kappa shape index (κ2) is 5.39. The first-order valence-corrected chi connectivity index (χ1v) is 5.69. The lowest BCUT2D eigenvalue weighted by Gasteiger charge is -2.07. The number of benzene rings is 1. The third-order valence-electron chi connectivity index (χ3n) is 2.51. The molecule has 18 heavy (non-hydrogen) atoms. The average molecular weight is 250 g/mol. The maximum atomic E-state index is 11.7. The van der Waals surface area contributed by atoms with Gasteiger partial charge in [-0.2, -0.15) is 0 Å². The van der Waals surface area contributed by atoms with Crippen molar-refractivity contribution in [1.29, 1.82) is 0 Å². The van der Waals surface area contributed by atoms with E-state index >= 15 is 0 Å². The smallest absolute Gasteiger partial charge is 0.426 e. The Kier molecular flexibility index (Phi) is 3.66. The summed E-state index contributed by atoms with van der Waals surface area (Å²) in [6, 6.07) is 5.15. The Morgan fingerprint density at radius 3 is 3.00 bits per heavy atom. The molecule has 0 saturated carbocycles. The lowest BCUT2D eigenvalue weighted by Crippen LogP contribution is -2.41. The van der Waals surface area contributed by atoms with Gasteiger partial charge in [-0.15, -0.1) is 0 Å². The molecule has 0 saturated heterocycles. The Morgan fingerprint density at radius 2 is 2.22 bits per heavy atom. The standard InChI is InChI=1S/C12H14N2O4/c1-2-17-12(16)14-13-11(15)9-3-4-10-8(7-9)5-6-18-10/h3-4,7H,2,5-6H2,1H3,(H,13,15)(H,14,16). The van der Waals surface area contributed by atoms with Gasteiger partial charge in [-0.05, 0) is 30.7 Å². The molecular weight excluding hydrogens is 236 g/mol. The van der Waals surface area contributed by atoms with Gasteiger partial charge < -0.3 is 9.47 Å². The van der Waals surface area contributed by atoms with Gasteiger partial charge in [0.25, 0.3) is 5.91 Å². The van der Waals surface area contributed by atoms with Crippen molar-refractivity contribution in [2.24, 2.45) is 0 Å². The van der Waals surface area contributed by atoms with Crippen LogP contribution in [0.1, 0.15) is 22.8 Å². The summed E-state index contributed by atoms with van der Waals surface area (Å²) in [7, 11) is 0. The summed E-state index contributed by atoms with van der Waals surface area (Å²) in [5, 5.41) is 0. The molecule has 0 aromatic heterocycles. The average Bonchev–Trinajstić information content (AvgIpc) is 2.83. The summed E-state index contributed by atoms with van der Waals surface area (Å²) >= 11 is 0. The molecule has 0 unspecified atom stereocenters. The third kappa shape index (κ3) is 2.71. The minimum absolute atomic E-state index is 0.248. The topological polar surface area (TPSA) is 76.7 Å². The summed E-state index contributed by atoms with van der Waals surface area (Å²) in [5.41, 5.74) is 5.90. The number of ether oxygens (including phenoxy) is 2. The molecule has 2 N–H and O–H groups in total. The molecule has 1 aromatic rings. The van der Waals surface area contributed by atoms with E-state index in [1.54, 1.807) is 25.1 Å².